The first-order chi connectivity index (χ1) is 9.92. The van der Waals surface area contributed by atoms with Crippen LogP contribution in [-0.2, 0) is 18.3 Å². The first-order valence-electron chi connectivity index (χ1n) is 7.91. The van der Waals surface area contributed by atoms with Gasteiger partial charge in [-0.15, -0.1) is 0 Å². The predicted molar refractivity (Wildman–Crippen MR) is 88.8 cm³/mol. The molecule has 0 aliphatic rings. The van der Waals surface area contributed by atoms with Gasteiger partial charge in [0.05, 0.1) is 18.3 Å². The normalized spacial score (nSPS) is 13.0. The fourth-order valence-corrected chi connectivity index (χ4v) is 2.74. The van der Waals surface area contributed by atoms with E-state index in [9.17, 15) is 0 Å². The van der Waals surface area contributed by atoms with Crippen LogP contribution in [0, 0.1) is 12.8 Å². The van der Waals surface area contributed by atoms with Gasteiger partial charge in [-0.3, -0.25) is 4.68 Å². The highest BCUT2D eigenvalue weighted by atomic mass is 16.5. The van der Waals surface area contributed by atoms with Crippen LogP contribution in [0.25, 0.3) is 0 Å². The van der Waals surface area contributed by atoms with Crippen LogP contribution in [0.3, 0.4) is 0 Å². The van der Waals surface area contributed by atoms with Gasteiger partial charge >= 0.3 is 0 Å². The summed E-state index contributed by atoms with van der Waals surface area (Å²) in [7, 11) is 3.78. The molecule has 0 fully saturated rings. The van der Waals surface area contributed by atoms with Gasteiger partial charge in [-0.05, 0) is 33.2 Å². The second-order valence-electron chi connectivity index (χ2n) is 6.13. The predicted octanol–water partition coefficient (Wildman–Crippen LogP) is 2.34. The number of hydrogen-bond donors (Lipinski definition) is 1. The topological polar surface area (TPSA) is 42.3 Å². The van der Waals surface area contributed by atoms with Crippen molar-refractivity contribution in [3.63, 3.8) is 0 Å². The summed E-state index contributed by atoms with van der Waals surface area (Å²) in [5.41, 5.74) is 2.40. The Balaban J connectivity index is 2.98. The molecule has 21 heavy (non-hydrogen) atoms. The molecule has 5 heteroatoms. The fraction of sp³-hybridized carbons (Fsp3) is 0.812. The van der Waals surface area contributed by atoms with Crippen molar-refractivity contribution in [2.45, 2.75) is 47.2 Å². The second kappa shape index (κ2) is 8.39. The van der Waals surface area contributed by atoms with E-state index in [1.807, 2.05) is 11.7 Å². The van der Waals surface area contributed by atoms with Crippen LogP contribution in [0.4, 0.5) is 5.82 Å². The molecule has 0 saturated heterocycles. The third-order valence-corrected chi connectivity index (χ3v) is 3.72. The lowest BCUT2D eigenvalue weighted by Gasteiger charge is -2.30. The molecule has 5 nitrogen and oxygen atoms in total. The average molecular weight is 296 g/mol. The van der Waals surface area contributed by atoms with Crippen molar-refractivity contribution in [3.05, 3.63) is 11.3 Å². The molecule has 1 aromatic rings. The Bertz CT molecular complexity index is 428. The highest BCUT2D eigenvalue weighted by Crippen LogP contribution is 2.25. The van der Waals surface area contributed by atoms with Crippen LogP contribution in [0.1, 0.15) is 39.0 Å². The molecule has 0 aliphatic heterocycles. The number of methoxy groups -OCH3 is 1. The molecule has 0 aliphatic carbocycles. The van der Waals surface area contributed by atoms with Gasteiger partial charge in [-0.25, -0.2) is 0 Å². The zero-order valence-electron chi connectivity index (χ0n) is 14.7. The number of ether oxygens (including phenoxy) is 1. The van der Waals surface area contributed by atoms with Crippen LogP contribution in [0.2, 0.25) is 0 Å². The zero-order valence-corrected chi connectivity index (χ0v) is 14.7. The molecule has 0 saturated carbocycles. The van der Waals surface area contributed by atoms with E-state index in [4.69, 9.17) is 4.74 Å². The first-order valence-corrected chi connectivity index (χ1v) is 7.91. The maximum Gasteiger partial charge on any atom is 0.131 e. The van der Waals surface area contributed by atoms with E-state index in [0.717, 1.165) is 31.9 Å². The molecular weight excluding hydrogens is 264 g/mol. The van der Waals surface area contributed by atoms with Crippen LogP contribution < -0.4 is 10.2 Å². The lowest BCUT2D eigenvalue weighted by Crippen LogP contribution is -2.38. The van der Waals surface area contributed by atoms with E-state index in [0.29, 0.717) is 12.0 Å². The smallest absolute Gasteiger partial charge is 0.131 e. The number of aromatic nitrogens is 2. The van der Waals surface area contributed by atoms with Crippen molar-refractivity contribution in [1.82, 2.24) is 15.1 Å². The quantitative estimate of drug-likeness (QED) is 0.759. The van der Waals surface area contributed by atoms with E-state index in [1.165, 1.54) is 11.4 Å². The van der Waals surface area contributed by atoms with Gasteiger partial charge < -0.3 is 15.0 Å². The standard InChI is InChI=1S/C16H32N4O/c1-8-20(13(4)11-21-7)16-15(10-17-9-12(2)3)14(5)18-19(16)6/h12-13,17H,8-11H2,1-7H3. The highest BCUT2D eigenvalue weighted by molar-refractivity contribution is 5.51. The number of nitrogens with one attached hydrogen (secondary N) is 1. The molecule has 1 heterocycles. The van der Waals surface area contributed by atoms with Crippen molar-refractivity contribution in [1.29, 1.82) is 0 Å². The van der Waals surface area contributed by atoms with Gasteiger partial charge in [0, 0.05) is 32.8 Å². The summed E-state index contributed by atoms with van der Waals surface area (Å²) in [6.07, 6.45) is 0. The van der Waals surface area contributed by atoms with Crippen LogP contribution in [-0.4, -0.2) is 42.6 Å². The molecule has 1 rings (SSSR count). The third kappa shape index (κ3) is 4.71. The summed E-state index contributed by atoms with van der Waals surface area (Å²) in [5, 5.41) is 8.15. The van der Waals surface area contributed by atoms with Gasteiger partial charge in [-0.2, -0.15) is 5.10 Å². The molecule has 1 aromatic heterocycles. The minimum absolute atomic E-state index is 0.332. The van der Waals surface area contributed by atoms with Gasteiger partial charge in [0.25, 0.3) is 0 Å². The Hall–Kier alpha value is -1.07. The lowest BCUT2D eigenvalue weighted by atomic mass is 10.1. The number of nitrogens with zero attached hydrogens (tertiary/aromatic N) is 3. The lowest BCUT2D eigenvalue weighted by molar-refractivity contribution is 0.181. The van der Waals surface area contributed by atoms with Gasteiger partial charge in [0.2, 0.25) is 0 Å². The van der Waals surface area contributed by atoms with Crippen molar-refractivity contribution < 1.29 is 4.74 Å². The Kier molecular flexibility index (Phi) is 7.18. The maximum absolute atomic E-state index is 5.32. The van der Waals surface area contributed by atoms with E-state index in [2.05, 4.69) is 49.9 Å². The molecule has 0 spiro atoms. The van der Waals surface area contributed by atoms with Crippen LogP contribution in [0.15, 0.2) is 0 Å². The molecular formula is C16H32N4O. The summed E-state index contributed by atoms with van der Waals surface area (Å²) in [5.74, 6) is 1.86. The molecule has 1 unspecified atom stereocenters. The highest BCUT2D eigenvalue weighted by Gasteiger charge is 2.22. The number of rotatable bonds is 9. The van der Waals surface area contributed by atoms with Gasteiger partial charge in [-0.1, -0.05) is 13.8 Å². The summed E-state index contributed by atoms with van der Waals surface area (Å²) in [6.45, 7) is 14.5. The van der Waals surface area contributed by atoms with Crippen LogP contribution >= 0.6 is 0 Å². The molecule has 122 valence electrons. The van der Waals surface area contributed by atoms with Crippen molar-refractivity contribution >= 4 is 5.82 Å². The largest absolute Gasteiger partial charge is 0.383 e. The number of likely N-dealkylation sites (N-methyl/N-ethyl adjacent to an activating group) is 1. The summed E-state index contributed by atoms with van der Waals surface area (Å²) < 4.78 is 7.32. The Morgan fingerprint density at radius 1 is 1.33 bits per heavy atom. The number of hydrogen-bond acceptors (Lipinski definition) is 4. The maximum atomic E-state index is 5.32. The minimum Gasteiger partial charge on any atom is -0.383 e. The van der Waals surface area contributed by atoms with E-state index in [1.54, 1.807) is 7.11 Å². The zero-order chi connectivity index (χ0) is 16.0. The van der Waals surface area contributed by atoms with E-state index in [-0.39, 0.29) is 0 Å². The fourth-order valence-electron chi connectivity index (χ4n) is 2.74. The second-order valence-corrected chi connectivity index (χ2v) is 6.13. The molecule has 0 amide bonds. The third-order valence-electron chi connectivity index (χ3n) is 3.72. The van der Waals surface area contributed by atoms with Crippen molar-refractivity contribution in [3.8, 4) is 0 Å². The van der Waals surface area contributed by atoms with Gasteiger partial charge in [0.15, 0.2) is 0 Å². The molecule has 0 radical (unpaired) electrons. The van der Waals surface area contributed by atoms with Gasteiger partial charge in [0.1, 0.15) is 5.82 Å². The van der Waals surface area contributed by atoms with E-state index < -0.39 is 0 Å². The summed E-state index contributed by atoms with van der Waals surface area (Å²) >= 11 is 0. The number of aryl methyl sites for hydroxylation is 2. The van der Waals surface area contributed by atoms with E-state index >= 15 is 0 Å². The van der Waals surface area contributed by atoms with Crippen LogP contribution in [0.5, 0.6) is 0 Å². The average Bonchev–Trinajstić information content (AvgIpc) is 2.66. The molecule has 1 N–H and O–H groups in total. The Labute approximate surface area is 129 Å². The Morgan fingerprint density at radius 2 is 2.00 bits per heavy atom. The molecule has 0 aromatic carbocycles. The summed E-state index contributed by atoms with van der Waals surface area (Å²) in [6, 6.07) is 0.332. The first kappa shape index (κ1) is 18.0. The van der Waals surface area contributed by atoms with Crippen molar-refractivity contribution in [2.24, 2.45) is 13.0 Å². The molecule has 0 bridgehead atoms. The van der Waals surface area contributed by atoms with Crippen molar-refractivity contribution in [2.75, 3.05) is 31.7 Å². The minimum atomic E-state index is 0.332. The monoisotopic (exact) mass is 296 g/mol. The summed E-state index contributed by atoms with van der Waals surface area (Å²) in [4.78, 5) is 2.37. The Morgan fingerprint density at radius 3 is 2.52 bits per heavy atom. The number of anilines is 1. The molecule has 1 atom stereocenters. The SMILES string of the molecule is CCN(c1c(CNCC(C)C)c(C)nn1C)C(C)COC.